The van der Waals surface area contributed by atoms with Crippen LogP contribution in [-0.2, 0) is 49.3 Å². The zero-order valence-corrected chi connectivity index (χ0v) is 29.9. The van der Waals surface area contributed by atoms with Crippen molar-refractivity contribution in [1.82, 2.24) is 9.03 Å². The SMILES string of the molecule is CC(C)(C)[S@](=O)N(Cc1ccccc1)[C@@H](COCc1ccccc1)[C@@H]1CCC=CO1.CC(C)(C)[S@](=O)N[C@@H](CO)[C@@H]1CCC=CO1. The van der Waals surface area contributed by atoms with E-state index in [-0.39, 0.29) is 40.4 Å². The summed E-state index contributed by atoms with van der Waals surface area (Å²) in [5.41, 5.74) is 2.27. The molecule has 0 bridgehead atoms. The Morgan fingerprint density at radius 1 is 0.848 bits per heavy atom. The summed E-state index contributed by atoms with van der Waals surface area (Å²) in [5, 5.41) is 9.29. The second kappa shape index (κ2) is 18.9. The molecule has 6 atom stereocenters. The highest BCUT2D eigenvalue weighted by molar-refractivity contribution is 7.84. The molecule has 0 aliphatic carbocycles. The first-order valence-corrected chi connectivity index (χ1v) is 18.4. The maximum absolute atomic E-state index is 13.6. The van der Waals surface area contributed by atoms with Crippen LogP contribution < -0.4 is 4.72 Å². The fourth-order valence-electron chi connectivity index (χ4n) is 4.89. The van der Waals surface area contributed by atoms with Crippen LogP contribution in [0.2, 0.25) is 0 Å². The quantitative estimate of drug-likeness (QED) is 0.258. The minimum absolute atomic E-state index is 0.0548. The summed E-state index contributed by atoms with van der Waals surface area (Å²) in [7, 11) is -2.39. The highest BCUT2D eigenvalue weighted by Crippen LogP contribution is 2.27. The minimum atomic E-state index is -1.21. The van der Waals surface area contributed by atoms with E-state index in [0.717, 1.165) is 36.8 Å². The molecule has 2 N–H and O–H groups in total. The lowest BCUT2D eigenvalue weighted by molar-refractivity contribution is -0.00273. The van der Waals surface area contributed by atoms with Crippen molar-refractivity contribution in [2.75, 3.05) is 13.2 Å². The van der Waals surface area contributed by atoms with E-state index in [1.165, 1.54) is 0 Å². The fourth-order valence-corrected chi connectivity index (χ4v) is 7.16. The highest BCUT2D eigenvalue weighted by atomic mass is 32.2. The lowest BCUT2D eigenvalue weighted by Crippen LogP contribution is -2.51. The number of nitrogens with one attached hydrogen (secondary N) is 1. The predicted molar refractivity (Wildman–Crippen MR) is 188 cm³/mol. The zero-order chi connectivity index (χ0) is 33.6. The Hall–Kier alpha value is -2.34. The van der Waals surface area contributed by atoms with E-state index in [2.05, 4.69) is 33.3 Å². The molecule has 2 aromatic rings. The topological polar surface area (TPSA) is 97.3 Å². The Bertz CT molecular complexity index is 1260. The van der Waals surface area contributed by atoms with Crippen molar-refractivity contribution in [2.45, 2.75) is 114 Å². The van der Waals surface area contributed by atoms with E-state index in [0.29, 0.717) is 19.8 Å². The summed E-state index contributed by atoms with van der Waals surface area (Å²) in [6, 6.07) is 20.0. The molecule has 10 heteroatoms. The zero-order valence-electron chi connectivity index (χ0n) is 28.3. The van der Waals surface area contributed by atoms with Crippen LogP contribution in [0.4, 0.5) is 0 Å². The molecule has 46 heavy (non-hydrogen) atoms. The van der Waals surface area contributed by atoms with Gasteiger partial charge in [-0.1, -0.05) is 60.7 Å². The molecule has 0 fully saturated rings. The number of nitrogens with zero attached hydrogens (tertiary/aromatic N) is 1. The summed E-state index contributed by atoms with van der Waals surface area (Å²) < 4.78 is 47.3. The van der Waals surface area contributed by atoms with Gasteiger partial charge in [-0.15, -0.1) is 0 Å². The second-order valence-electron chi connectivity index (χ2n) is 13.5. The van der Waals surface area contributed by atoms with E-state index in [1.807, 2.05) is 90.1 Å². The van der Waals surface area contributed by atoms with Crippen LogP contribution in [0.5, 0.6) is 0 Å². The van der Waals surface area contributed by atoms with Gasteiger partial charge in [0.25, 0.3) is 0 Å². The molecule has 256 valence electrons. The van der Waals surface area contributed by atoms with E-state index >= 15 is 0 Å². The number of hydrogen-bond acceptors (Lipinski definition) is 6. The number of allylic oxidation sites excluding steroid dienone is 2. The average Bonchev–Trinajstić information content (AvgIpc) is 3.05. The Kier molecular flexibility index (Phi) is 15.6. The van der Waals surface area contributed by atoms with Gasteiger partial charge in [0, 0.05) is 6.54 Å². The smallest absolute Gasteiger partial charge is 0.117 e. The summed E-state index contributed by atoms with van der Waals surface area (Å²) in [6.07, 6.45) is 10.9. The van der Waals surface area contributed by atoms with Crippen molar-refractivity contribution in [3.63, 3.8) is 0 Å². The Labute approximate surface area is 281 Å². The number of hydrogen-bond donors (Lipinski definition) is 2. The number of ether oxygens (including phenoxy) is 3. The molecule has 0 spiro atoms. The standard InChI is InChI=1S/C25H33NO3S.C11H21NO3S/c1-25(2,3)30(27)26(18-21-12-6-4-7-13-21)23(24-16-10-11-17-29-24)20-28-19-22-14-8-5-9-15-22;1-11(2,3)16(14)12-9(8-13)10-6-4-5-7-15-10/h4-9,11-15,17,23-24H,10,16,18-20H2,1-3H3;5,7,9-10,12-13H,4,6,8H2,1-3H3/t23-,24-,30-;9-,10-,16-/m00/s1. The molecular formula is C36H54N2O6S2. The van der Waals surface area contributed by atoms with Gasteiger partial charge >= 0.3 is 0 Å². The minimum Gasteiger partial charge on any atom is -0.497 e. The van der Waals surface area contributed by atoms with Crippen molar-refractivity contribution >= 4 is 22.0 Å². The van der Waals surface area contributed by atoms with E-state index in [4.69, 9.17) is 14.2 Å². The lowest BCUT2D eigenvalue weighted by Gasteiger charge is -2.39. The molecular weight excluding hydrogens is 621 g/mol. The van der Waals surface area contributed by atoms with Crippen molar-refractivity contribution in [3.8, 4) is 0 Å². The molecule has 2 heterocycles. The number of aliphatic hydroxyl groups is 1. The molecule has 8 nitrogen and oxygen atoms in total. The van der Waals surface area contributed by atoms with Gasteiger partial charge in [-0.3, -0.25) is 0 Å². The predicted octanol–water partition coefficient (Wildman–Crippen LogP) is 6.32. The molecule has 0 saturated carbocycles. The number of benzene rings is 2. The Morgan fingerprint density at radius 3 is 1.87 bits per heavy atom. The van der Waals surface area contributed by atoms with Gasteiger partial charge in [0.1, 0.15) is 23.2 Å². The Balaban J connectivity index is 0.000000304. The van der Waals surface area contributed by atoms with E-state index < -0.39 is 22.0 Å². The van der Waals surface area contributed by atoms with Gasteiger partial charge in [-0.25, -0.2) is 17.4 Å². The monoisotopic (exact) mass is 674 g/mol. The van der Waals surface area contributed by atoms with Crippen LogP contribution in [-0.4, -0.2) is 64.8 Å². The molecule has 0 unspecified atom stereocenters. The van der Waals surface area contributed by atoms with Gasteiger partial charge in [0.15, 0.2) is 0 Å². The second-order valence-corrected chi connectivity index (χ2v) is 17.7. The molecule has 0 amide bonds. The lowest BCUT2D eigenvalue weighted by atomic mass is 10.0. The first-order chi connectivity index (χ1) is 21.9. The van der Waals surface area contributed by atoms with Crippen molar-refractivity contribution in [1.29, 1.82) is 0 Å². The van der Waals surface area contributed by atoms with Crippen molar-refractivity contribution in [3.05, 3.63) is 96.5 Å². The largest absolute Gasteiger partial charge is 0.497 e. The van der Waals surface area contributed by atoms with E-state index in [9.17, 15) is 13.5 Å². The van der Waals surface area contributed by atoms with Crippen LogP contribution in [0.3, 0.4) is 0 Å². The third-order valence-electron chi connectivity index (χ3n) is 7.51. The molecule has 4 rings (SSSR count). The molecule has 2 aliphatic rings. The summed E-state index contributed by atoms with van der Waals surface area (Å²) in [4.78, 5) is 0. The fraction of sp³-hybridized carbons (Fsp3) is 0.556. The summed E-state index contributed by atoms with van der Waals surface area (Å²) in [5.74, 6) is 0. The third kappa shape index (κ3) is 12.7. The van der Waals surface area contributed by atoms with Crippen molar-refractivity contribution in [2.24, 2.45) is 0 Å². The average molecular weight is 675 g/mol. The van der Waals surface area contributed by atoms with Gasteiger partial charge in [0.05, 0.1) is 64.9 Å². The number of aliphatic hydroxyl groups excluding tert-OH is 1. The molecule has 0 radical (unpaired) electrons. The van der Waals surface area contributed by atoms with Gasteiger partial charge in [-0.05, 0) is 90.5 Å². The van der Waals surface area contributed by atoms with Gasteiger partial charge < -0.3 is 19.3 Å². The first-order valence-electron chi connectivity index (χ1n) is 16.1. The van der Waals surface area contributed by atoms with Crippen LogP contribution in [0.15, 0.2) is 85.3 Å². The van der Waals surface area contributed by atoms with E-state index in [1.54, 1.807) is 12.5 Å². The van der Waals surface area contributed by atoms with Crippen LogP contribution in [0, 0.1) is 0 Å². The van der Waals surface area contributed by atoms with Gasteiger partial charge in [0.2, 0.25) is 0 Å². The molecule has 0 aromatic heterocycles. The first kappa shape index (κ1) is 38.1. The van der Waals surface area contributed by atoms with Crippen LogP contribution in [0.25, 0.3) is 0 Å². The normalized spacial score (nSPS) is 20.9. The molecule has 0 saturated heterocycles. The van der Waals surface area contributed by atoms with Crippen molar-refractivity contribution < 1.29 is 27.7 Å². The van der Waals surface area contributed by atoms with Crippen LogP contribution in [0.1, 0.15) is 78.4 Å². The molecule has 2 aromatic carbocycles. The highest BCUT2D eigenvalue weighted by Gasteiger charge is 2.37. The van der Waals surface area contributed by atoms with Crippen LogP contribution >= 0.6 is 0 Å². The maximum Gasteiger partial charge on any atom is 0.117 e. The summed E-state index contributed by atoms with van der Waals surface area (Å²) in [6.45, 7) is 13.3. The Morgan fingerprint density at radius 2 is 1.39 bits per heavy atom. The van der Waals surface area contributed by atoms with Gasteiger partial charge in [-0.2, -0.15) is 0 Å². The molecule has 2 aliphatic heterocycles. The third-order valence-corrected chi connectivity index (χ3v) is 11.0. The maximum atomic E-state index is 13.6. The number of rotatable bonds is 13. The summed E-state index contributed by atoms with van der Waals surface area (Å²) >= 11 is 0.